The van der Waals surface area contributed by atoms with E-state index in [4.69, 9.17) is 5.11 Å². The van der Waals surface area contributed by atoms with Crippen LogP contribution in [0.5, 0.6) is 0 Å². The number of aliphatic hydroxyl groups excluding tert-OH is 1. The molecule has 1 atom stereocenters. The van der Waals surface area contributed by atoms with Crippen molar-refractivity contribution in [3.8, 4) is 0 Å². The number of carbonyl (C=O) groups is 2. The molecule has 0 fully saturated rings. The number of hydrogen-bond donors (Lipinski definition) is 2. The summed E-state index contributed by atoms with van der Waals surface area (Å²) in [6, 6.07) is 0. The van der Waals surface area contributed by atoms with E-state index in [1.54, 1.807) is 6.92 Å². The molecule has 0 aliphatic heterocycles. The summed E-state index contributed by atoms with van der Waals surface area (Å²) in [5.74, 6) is -1.32. The Labute approximate surface area is 71.2 Å². The van der Waals surface area contributed by atoms with Crippen LogP contribution in [0, 0.1) is 0 Å². The molecule has 0 amide bonds. The van der Waals surface area contributed by atoms with Gasteiger partial charge in [0.1, 0.15) is 0 Å². The molecule has 0 aliphatic carbocycles. The van der Waals surface area contributed by atoms with Crippen molar-refractivity contribution in [2.75, 3.05) is 6.61 Å². The minimum Gasteiger partial charge on any atom is -0.392 e. The largest absolute Gasteiger partial charge is 0.392 e. The van der Waals surface area contributed by atoms with Crippen LogP contribution < -0.4 is 0 Å². The highest BCUT2D eigenvalue weighted by Crippen LogP contribution is 2.10. The van der Waals surface area contributed by atoms with Crippen molar-refractivity contribution in [3.05, 3.63) is 0 Å². The Bertz CT molecular complexity index is 187. The molecule has 0 saturated heterocycles. The fourth-order valence-corrected chi connectivity index (χ4v) is 0.830. The van der Waals surface area contributed by atoms with Crippen LogP contribution in [0.1, 0.15) is 26.7 Å². The Morgan fingerprint density at radius 2 is 1.92 bits per heavy atom. The van der Waals surface area contributed by atoms with Gasteiger partial charge in [-0.2, -0.15) is 0 Å². The summed E-state index contributed by atoms with van der Waals surface area (Å²) >= 11 is 0. The summed E-state index contributed by atoms with van der Waals surface area (Å²) in [4.78, 5) is 21.9. The Balaban J connectivity index is 4.52. The van der Waals surface area contributed by atoms with Gasteiger partial charge in [0.15, 0.2) is 11.6 Å². The highest BCUT2D eigenvalue weighted by atomic mass is 16.3. The molecule has 4 nitrogen and oxygen atoms in total. The minimum atomic E-state index is -2.17. The number of Topliss-reactive ketones (excluding diaryl/α,β-unsaturated/α-hetero) is 2. The number of hydrogen-bond acceptors (Lipinski definition) is 4. The van der Waals surface area contributed by atoms with E-state index in [1.165, 1.54) is 0 Å². The van der Waals surface area contributed by atoms with E-state index in [9.17, 15) is 14.7 Å². The van der Waals surface area contributed by atoms with Crippen molar-refractivity contribution in [1.82, 2.24) is 0 Å². The van der Waals surface area contributed by atoms with Gasteiger partial charge in [0.25, 0.3) is 0 Å². The van der Waals surface area contributed by atoms with Gasteiger partial charge in [-0.05, 0) is 13.3 Å². The van der Waals surface area contributed by atoms with Crippen molar-refractivity contribution in [3.63, 3.8) is 0 Å². The van der Waals surface area contributed by atoms with Crippen molar-refractivity contribution >= 4 is 11.6 Å². The monoisotopic (exact) mass is 174 g/mol. The Morgan fingerprint density at radius 3 is 2.17 bits per heavy atom. The van der Waals surface area contributed by atoms with Crippen molar-refractivity contribution in [1.29, 1.82) is 0 Å². The van der Waals surface area contributed by atoms with Gasteiger partial charge in [-0.3, -0.25) is 9.59 Å². The second-order valence-electron chi connectivity index (χ2n) is 2.75. The molecular formula is C8H14O4. The van der Waals surface area contributed by atoms with Crippen LogP contribution in [0.25, 0.3) is 0 Å². The van der Waals surface area contributed by atoms with Gasteiger partial charge in [-0.15, -0.1) is 0 Å². The topological polar surface area (TPSA) is 74.6 Å². The molecule has 12 heavy (non-hydrogen) atoms. The Morgan fingerprint density at radius 1 is 1.42 bits per heavy atom. The van der Waals surface area contributed by atoms with Crippen LogP contribution in [0.2, 0.25) is 0 Å². The fraction of sp³-hybridized carbons (Fsp3) is 0.750. The summed E-state index contributed by atoms with van der Waals surface area (Å²) in [7, 11) is 0. The van der Waals surface area contributed by atoms with Gasteiger partial charge in [-0.25, -0.2) is 0 Å². The lowest BCUT2D eigenvalue weighted by Gasteiger charge is -2.20. The molecular weight excluding hydrogens is 160 g/mol. The van der Waals surface area contributed by atoms with Gasteiger partial charge >= 0.3 is 0 Å². The zero-order valence-corrected chi connectivity index (χ0v) is 7.33. The Hall–Kier alpha value is -0.740. The number of carbonyl (C=O) groups excluding carboxylic acids is 2. The first-order valence-electron chi connectivity index (χ1n) is 3.86. The maximum atomic E-state index is 11.1. The summed E-state index contributed by atoms with van der Waals surface area (Å²) in [6.45, 7) is 2.01. The maximum absolute atomic E-state index is 11.1. The molecule has 0 aromatic rings. The molecule has 1 unspecified atom stereocenters. The predicted octanol–water partition coefficient (Wildman–Crippen LogP) is -0.332. The summed E-state index contributed by atoms with van der Waals surface area (Å²) in [5.41, 5.74) is -2.17. The first-order chi connectivity index (χ1) is 5.49. The van der Waals surface area contributed by atoms with E-state index in [-0.39, 0.29) is 6.42 Å². The van der Waals surface area contributed by atoms with Crippen LogP contribution in [-0.4, -0.2) is 34.0 Å². The molecule has 0 heterocycles. The molecule has 70 valence electrons. The molecule has 0 spiro atoms. The molecule has 0 aliphatic rings. The van der Waals surface area contributed by atoms with E-state index in [1.807, 2.05) is 0 Å². The molecule has 0 rings (SSSR count). The van der Waals surface area contributed by atoms with Crippen LogP contribution >= 0.6 is 0 Å². The van der Waals surface area contributed by atoms with E-state index >= 15 is 0 Å². The predicted molar refractivity (Wildman–Crippen MR) is 42.6 cm³/mol. The van der Waals surface area contributed by atoms with Gasteiger partial charge < -0.3 is 10.2 Å². The van der Waals surface area contributed by atoms with E-state index in [0.29, 0.717) is 6.42 Å². The molecule has 0 saturated carbocycles. The van der Waals surface area contributed by atoms with Crippen LogP contribution in [-0.2, 0) is 9.59 Å². The molecule has 0 bridgehead atoms. The lowest BCUT2D eigenvalue weighted by Crippen LogP contribution is -2.48. The van der Waals surface area contributed by atoms with Crippen molar-refractivity contribution in [2.24, 2.45) is 0 Å². The minimum absolute atomic E-state index is 0.108. The molecule has 0 aromatic heterocycles. The van der Waals surface area contributed by atoms with Gasteiger partial charge in [0.05, 0.1) is 6.61 Å². The third kappa shape index (κ3) is 2.12. The quantitative estimate of drug-likeness (QED) is 0.559. The SMILES string of the molecule is CCCC(=O)C(O)(CO)C(C)=O. The third-order valence-electron chi connectivity index (χ3n) is 1.75. The molecule has 2 N–H and O–H groups in total. The second-order valence-corrected chi connectivity index (χ2v) is 2.75. The highest BCUT2D eigenvalue weighted by molar-refractivity contribution is 6.09. The van der Waals surface area contributed by atoms with E-state index in [2.05, 4.69) is 0 Å². The maximum Gasteiger partial charge on any atom is 0.204 e. The zero-order chi connectivity index (χ0) is 9.78. The van der Waals surface area contributed by atoms with E-state index < -0.39 is 23.8 Å². The molecule has 0 aromatic carbocycles. The third-order valence-corrected chi connectivity index (χ3v) is 1.75. The first kappa shape index (κ1) is 11.3. The highest BCUT2D eigenvalue weighted by Gasteiger charge is 2.39. The summed E-state index contributed by atoms with van der Waals surface area (Å²) in [6.07, 6.45) is 0.658. The molecule has 0 radical (unpaired) electrons. The summed E-state index contributed by atoms with van der Waals surface area (Å²) < 4.78 is 0. The van der Waals surface area contributed by atoms with Crippen LogP contribution in [0.3, 0.4) is 0 Å². The fourth-order valence-electron chi connectivity index (χ4n) is 0.830. The van der Waals surface area contributed by atoms with Crippen molar-refractivity contribution < 1.29 is 19.8 Å². The number of rotatable bonds is 5. The number of aliphatic hydroxyl groups is 2. The lowest BCUT2D eigenvalue weighted by molar-refractivity contribution is -0.153. The standard InChI is InChI=1S/C8H14O4/c1-3-4-7(11)8(12,5-9)6(2)10/h9,12H,3-5H2,1-2H3. The lowest BCUT2D eigenvalue weighted by atomic mass is 9.92. The van der Waals surface area contributed by atoms with Gasteiger partial charge in [0.2, 0.25) is 5.60 Å². The molecule has 4 heteroatoms. The average molecular weight is 174 g/mol. The second kappa shape index (κ2) is 4.33. The summed E-state index contributed by atoms with van der Waals surface area (Å²) in [5, 5.41) is 18.0. The zero-order valence-electron chi connectivity index (χ0n) is 7.33. The van der Waals surface area contributed by atoms with Crippen LogP contribution in [0.15, 0.2) is 0 Å². The Kier molecular flexibility index (Phi) is 4.06. The van der Waals surface area contributed by atoms with Crippen LogP contribution in [0.4, 0.5) is 0 Å². The average Bonchev–Trinajstić information content (AvgIpc) is 2.03. The van der Waals surface area contributed by atoms with E-state index in [0.717, 1.165) is 6.92 Å². The first-order valence-corrected chi connectivity index (χ1v) is 3.86. The normalized spacial score (nSPS) is 15.3. The van der Waals surface area contributed by atoms with Crippen molar-refractivity contribution in [2.45, 2.75) is 32.3 Å². The smallest absolute Gasteiger partial charge is 0.204 e. The number of ketones is 2. The van der Waals surface area contributed by atoms with Gasteiger partial charge in [0, 0.05) is 6.42 Å². The van der Waals surface area contributed by atoms with Gasteiger partial charge in [-0.1, -0.05) is 6.92 Å².